The highest BCUT2D eigenvalue weighted by atomic mass is 35.5. The largest absolute Gasteiger partial charge is 0.347 e. The summed E-state index contributed by atoms with van der Waals surface area (Å²) < 4.78 is 0. The Labute approximate surface area is 185 Å². The standard InChI is InChI=1S/C21H24Cl2N4OS/c1-13(22)20-17-11-19(29-18(17)7-4-8-27(20)25-2)21(28)26-16(12-24)10-14-5-3-6-15(23)9-14/h3,5-6,9,11,16H,2,4,7-8,10,12,24H2,1H3,(H,26,28)/b20-13+/t16-/m0/s1. The van der Waals surface area contributed by atoms with Gasteiger partial charge in [0.2, 0.25) is 0 Å². The van der Waals surface area contributed by atoms with Gasteiger partial charge in [-0.1, -0.05) is 35.3 Å². The number of carbonyl (C=O) groups is 1. The van der Waals surface area contributed by atoms with Gasteiger partial charge < -0.3 is 11.1 Å². The molecule has 1 aromatic carbocycles. The van der Waals surface area contributed by atoms with E-state index >= 15 is 0 Å². The molecule has 0 aliphatic carbocycles. The Hall–Kier alpha value is -1.86. The molecule has 3 rings (SSSR count). The molecule has 0 spiro atoms. The first-order valence-electron chi connectivity index (χ1n) is 9.42. The Balaban J connectivity index is 1.80. The molecule has 1 aromatic heterocycles. The molecule has 0 unspecified atom stereocenters. The summed E-state index contributed by atoms with van der Waals surface area (Å²) in [5.74, 6) is -0.134. The highest BCUT2D eigenvalue weighted by molar-refractivity contribution is 7.14. The van der Waals surface area contributed by atoms with Gasteiger partial charge in [0.05, 0.1) is 10.6 Å². The fourth-order valence-corrected chi connectivity index (χ4v) is 4.99. The summed E-state index contributed by atoms with van der Waals surface area (Å²) in [7, 11) is 0. The fraction of sp³-hybridized carbons (Fsp3) is 0.333. The number of hydrazone groups is 1. The second-order valence-corrected chi connectivity index (χ2v) is 9.08. The Kier molecular flexibility index (Phi) is 7.35. The molecule has 0 saturated carbocycles. The van der Waals surface area contributed by atoms with Crippen molar-refractivity contribution in [3.63, 3.8) is 0 Å². The number of nitrogens with zero attached hydrogens (tertiary/aromatic N) is 2. The summed E-state index contributed by atoms with van der Waals surface area (Å²) in [5, 5.41) is 10.3. The number of carbonyl (C=O) groups excluding carboxylic acids is 1. The van der Waals surface area contributed by atoms with Crippen LogP contribution in [0.3, 0.4) is 0 Å². The summed E-state index contributed by atoms with van der Waals surface area (Å²) in [6.07, 6.45) is 2.41. The molecule has 1 aliphatic heterocycles. The molecule has 0 fully saturated rings. The van der Waals surface area contributed by atoms with Crippen molar-refractivity contribution in [3.05, 3.63) is 61.3 Å². The molecule has 8 heteroatoms. The SMILES string of the molecule is C=NN1CCCc2sc(C(=O)N[C@H](CN)Cc3cccc(Cl)c3)cc2/C1=C(/C)Cl. The maximum atomic E-state index is 12.9. The van der Waals surface area contributed by atoms with E-state index in [1.54, 1.807) is 0 Å². The van der Waals surface area contributed by atoms with E-state index in [1.165, 1.54) is 11.3 Å². The maximum Gasteiger partial charge on any atom is 0.261 e. The zero-order chi connectivity index (χ0) is 21.0. The van der Waals surface area contributed by atoms with Gasteiger partial charge in [-0.15, -0.1) is 11.3 Å². The van der Waals surface area contributed by atoms with Crippen LogP contribution in [0.25, 0.3) is 5.70 Å². The number of hydrogen-bond acceptors (Lipinski definition) is 5. The second kappa shape index (κ2) is 9.76. The first kappa shape index (κ1) is 21.8. The molecule has 0 bridgehead atoms. The third-order valence-corrected chi connectivity index (χ3v) is 6.42. The van der Waals surface area contributed by atoms with Gasteiger partial charge in [-0.25, -0.2) is 0 Å². The van der Waals surface area contributed by atoms with E-state index in [0.717, 1.165) is 41.1 Å². The number of allylic oxidation sites excluding steroid dienone is 1. The molecule has 1 atom stereocenters. The first-order chi connectivity index (χ1) is 13.9. The van der Waals surface area contributed by atoms with Crippen LogP contribution in [0, 0.1) is 0 Å². The topological polar surface area (TPSA) is 70.7 Å². The molecule has 1 amide bonds. The van der Waals surface area contributed by atoms with Crippen LogP contribution >= 0.6 is 34.5 Å². The third kappa shape index (κ3) is 5.20. The van der Waals surface area contributed by atoms with Gasteiger partial charge in [0, 0.05) is 46.3 Å². The van der Waals surface area contributed by atoms with Gasteiger partial charge in [0.25, 0.3) is 5.91 Å². The van der Waals surface area contributed by atoms with Gasteiger partial charge in [-0.2, -0.15) is 5.10 Å². The van der Waals surface area contributed by atoms with Crippen LogP contribution in [0.2, 0.25) is 5.02 Å². The van der Waals surface area contributed by atoms with Crippen LogP contribution in [0.5, 0.6) is 0 Å². The number of rotatable bonds is 6. The van der Waals surface area contributed by atoms with Crippen LogP contribution < -0.4 is 11.1 Å². The van der Waals surface area contributed by atoms with E-state index in [0.29, 0.717) is 27.9 Å². The van der Waals surface area contributed by atoms with E-state index in [4.69, 9.17) is 28.9 Å². The first-order valence-corrected chi connectivity index (χ1v) is 11.0. The van der Waals surface area contributed by atoms with Gasteiger partial charge in [0.15, 0.2) is 0 Å². The quantitative estimate of drug-likeness (QED) is 0.636. The number of halogens is 2. The van der Waals surface area contributed by atoms with Crippen molar-refractivity contribution < 1.29 is 4.79 Å². The predicted molar refractivity (Wildman–Crippen MR) is 123 cm³/mol. The maximum absolute atomic E-state index is 12.9. The van der Waals surface area contributed by atoms with Crippen molar-refractivity contribution in [1.29, 1.82) is 0 Å². The highest BCUT2D eigenvalue weighted by Gasteiger charge is 2.25. The Bertz CT molecular complexity index is 937. The minimum atomic E-state index is -0.181. The molecule has 0 radical (unpaired) electrons. The highest BCUT2D eigenvalue weighted by Crippen LogP contribution is 2.37. The predicted octanol–water partition coefficient (Wildman–Crippen LogP) is 4.49. The minimum Gasteiger partial charge on any atom is -0.347 e. The van der Waals surface area contributed by atoms with Crippen LogP contribution in [0.1, 0.15) is 39.0 Å². The summed E-state index contributed by atoms with van der Waals surface area (Å²) in [6, 6.07) is 9.30. The molecular formula is C21H24Cl2N4OS. The van der Waals surface area contributed by atoms with Crippen molar-refractivity contribution in [3.8, 4) is 0 Å². The molecule has 154 valence electrons. The number of nitrogens with one attached hydrogen (secondary N) is 1. The Morgan fingerprint density at radius 2 is 2.24 bits per heavy atom. The third-order valence-electron chi connectivity index (χ3n) is 4.81. The number of aryl methyl sites for hydroxylation is 1. The lowest BCUT2D eigenvalue weighted by Crippen LogP contribution is -2.41. The summed E-state index contributed by atoms with van der Waals surface area (Å²) >= 11 is 13.9. The Morgan fingerprint density at radius 1 is 1.45 bits per heavy atom. The fourth-order valence-electron chi connectivity index (χ4n) is 3.47. The van der Waals surface area contributed by atoms with Crippen LogP contribution in [-0.2, 0) is 12.8 Å². The van der Waals surface area contributed by atoms with E-state index in [9.17, 15) is 4.79 Å². The lowest BCUT2D eigenvalue weighted by Gasteiger charge is -2.20. The molecule has 2 heterocycles. The Morgan fingerprint density at radius 3 is 2.90 bits per heavy atom. The van der Waals surface area contributed by atoms with Crippen LogP contribution in [-0.4, -0.2) is 36.8 Å². The van der Waals surface area contributed by atoms with Gasteiger partial charge in [-0.05, 0) is 49.9 Å². The molecule has 1 aliphatic rings. The molecule has 3 N–H and O–H groups in total. The zero-order valence-corrected chi connectivity index (χ0v) is 18.6. The molecule has 2 aromatic rings. The van der Waals surface area contributed by atoms with Crippen molar-refractivity contribution in [2.75, 3.05) is 13.1 Å². The van der Waals surface area contributed by atoms with Crippen molar-refractivity contribution >= 4 is 52.9 Å². The average molecular weight is 451 g/mol. The van der Waals surface area contributed by atoms with Crippen molar-refractivity contribution in [2.24, 2.45) is 10.8 Å². The van der Waals surface area contributed by atoms with Crippen LogP contribution in [0.4, 0.5) is 0 Å². The van der Waals surface area contributed by atoms with Gasteiger partial charge >= 0.3 is 0 Å². The number of fused-ring (bicyclic) bond motifs is 1. The smallest absolute Gasteiger partial charge is 0.261 e. The van der Waals surface area contributed by atoms with Gasteiger partial charge in [0.1, 0.15) is 0 Å². The molecule has 29 heavy (non-hydrogen) atoms. The second-order valence-electron chi connectivity index (χ2n) is 6.94. The van der Waals surface area contributed by atoms with Crippen LogP contribution in [0.15, 0.2) is 40.5 Å². The number of nitrogens with two attached hydrogens (primary N) is 1. The van der Waals surface area contributed by atoms with E-state index in [1.807, 2.05) is 42.3 Å². The summed E-state index contributed by atoms with van der Waals surface area (Å²) in [5.41, 5.74) is 8.71. The minimum absolute atomic E-state index is 0.134. The normalized spacial score (nSPS) is 16.6. The molecular weight excluding hydrogens is 427 g/mol. The van der Waals surface area contributed by atoms with E-state index < -0.39 is 0 Å². The number of thiophene rings is 1. The number of amides is 1. The lowest BCUT2D eigenvalue weighted by atomic mass is 10.1. The van der Waals surface area contributed by atoms with Crippen molar-refractivity contribution in [1.82, 2.24) is 10.3 Å². The zero-order valence-electron chi connectivity index (χ0n) is 16.3. The average Bonchev–Trinajstić information content (AvgIpc) is 3.01. The monoisotopic (exact) mass is 450 g/mol. The van der Waals surface area contributed by atoms with E-state index in [2.05, 4.69) is 17.1 Å². The molecule has 5 nitrogen and oxygen atoms in total. The number of hydrogen-bond donors (Lipinski definition) is 2. The summed E-state index contributed by atoms with van der Waals surface area (Å²) in [4.78, 5) is 14.7. The number of benzene rings is 1. The van der Waals surface area contributed by atoms with Gasteiger partial charge in [-0.3, -0.25) is 9.80 Å². The van der Waals surface area contributed by atoms with Crippen molar-refractivity contribution in [2.45, 2.75) is 32.2 Å². The lowest BCUT2D eigenvalue weighted by molar-refractivity contribution is 0.0942. The van der Waals surface area contributed by atoms with E-state index in [-0.39, 0.29) is 11.9 Å². The summed E-state index contributed by atoms with van der Waals surface area (Å²) in [6.45, 7) is 6.57. The molecule has 0 saturated heterocycles.